The molecule has 0 aliphatic rings. The lowest BCUT2D eigenvalue weighted by atomic mass is 9.93. The van der Waals surface area contributed by atoms with Crippen LogP contribution in [0, 0.1) is 5.41 Å². The van der Waals surface area contributed by atoms with E-state index in [1.807, 2.05) is 0 Å². The smallest absolute Gasteiger partial charge is 0.0610 e. The van der Waals surface area contributed by atoms with Crippen LogP contribution in [0.15, 0.2) is 0 Å². The molecule has 1 unspecified atom stereocenters. The Morgan fingerprint density at radius 1 is 1.17 bits per heavy atom. The molecule has 0 bridgehead atoms. The lowest BCUT2D eigenvalue weighted by Crippen LogP contribution is -2.48. The highest BCUT2D eigenvalue weighted by molar-refractivity contribution is 4.82. The zero-order chi connectivity index (χ0) is 9.83. The molecule has 1 atom stereocenters. The van der Waals surface area contributed by atoms with Crippen molar-refractivity contribution >= 4 is 0 Å². The van der Waals surface area contributed by atoms with E-state index < -0.39 is 0 Å². The van der Waals surface area contributed by atoms with Gasteiger partial charge in [-0.05, 0) is 18.8 Å². The van der Waals surface area contributed by atoms with Crippen LogP contribution in [0.5, 0.6) is 0 Å². The van der Waals surface area contributed by atoms with Crippen molar-refractivity contribution in [3.63, 3.8) is 0 Å². The molecule has 0 aliphatic heterocycles. The standard InChI is InChI=1S/C10H23NO/c1-6-10(5,8-12)11-7-9(2,3)4/h11-12H,6-8H2,1-5H3. The Labute approximate surface area is 76.4 Å². The maximum Gasteiger partial charge on any atom is 0.0610 e. The van der Waals surface area contributed by atoms with Gasteiger partial charge in [0.05, 0.1) is 6.61 Å². The van der Waals surface area contributed by atoms with Crippen molar-refractivity contribution in [2.75, 3.05) is 13.2 Å². The van der Waals surface area contributed by atoms with Gasteiger partial charge in [-0.1, -0.05) is 27.7 Å². The van der Waals surface area contributed by atoms with Gasteiger partial charge in [0.2, 0.25) is 0 Å². The Kier molecular flexibility index (Phi) is 4.21. The van der Waals surface area contributed by atoms with Crippen LogP contribution in [0.2, 0.25) is 0 Å². The van der Waals surface area contributed by atoms with Crippen molar-refractivity contribution < 1.29 is 5.11 Å². The molecular formula is C10H23NO. The minimum atomic E-state index is -0.104. The first-order chi connectivity index (χ1) is 5.33. The summed E-state index contributed by atoms with van der Waals surface area (Å²) < 4.78 is 0. The summed E-state index contributed by atoms with van der Waals surface area (Å²) in [4.78, 5) is 0. The van der Waals surface area contributed by atoms with E-state index in [1.165, 1.54) is 0 Å². The minimum absolute atomic E-state index is 0.104. The fourth-order valence-electron chi connectivity index (χ4n) is 0.771. The highest BCUT2D eigenvalue weighted by Crippen LogP contribution is 2.14. The number of aliphatic hydroxyl groups excluding tert-OH is 1. The summed E-state index contributed by atoms with van der Waals surface area (Å²) in [5.41, 5.74) is 0.179. The molecule has 0 saturated heterocycles. The summed E-state index contributed by atoms with van der Waals surface area (Å²) in [5, 5.41) is 12.5. The zero-order valence-electron chi connectivity index (χ0n) is 9.07. The van der Waals surface area contributed by atoms with E-state index in [1.54, 1.807) is 0 Å². The average Bonchev–Trinajstić information content (AvgIpc) is 1.99. The quantitative estimate of drug-likeness (QED) is 0.679. The zero-order valence-corrected chi connectivity index (χ0v) is 9.07. The topological polar surface area (TPSA) is 32.3 Å². The molecule has 0 saturated carbocycles. The normalized spacial score (nSPS) is 17.5. The molecular weight excluding hydrogens is 150 g/mol. The second-order valence-electron chi connectivity index (χ2n) is 4.99. The first-order valence-electron chi connectivity index (χ1n) is 4.69. The fraction of sp³-hybridized carbons (Fsp3) is 1.00. The van der Waals surface area contributed by atoms with Crippen molar-refractivity contribution in [3.8, 4) is 0 Å². The Morgan fingerprint density at radius 3 is 1.92 bits per heavy atom. The summed E-state index contributed by atoms with van der Waals surface area (Å²) >= 11 is 0. The number of hydrogen-bond donors (Lipinski definition) is 2. The molecule has 0 amide bonds. The second-order valence-corrected chi connectivity index (χ2v) is 4.99. The summed E-state index contributed by atoms with van der Waals surface area (Å²) in [6, 6.07) is 0. The van der Waals surface area contributed by atoms with Gasteiger partial charge in [-0.3, -0.25) is 0 Å². The summed E-state index contributed by atoms with van der Waals surface area (Å²) in [6.45, 7) is 11.9. The monoisotopic (exact) mass is 173 g/mol. The average molecular weight is 173 g/mol. The highest BCUT2D eigenvalue weighted by atomic mass is 16.3. The van der Waals surface area contributed by atoms with Crippen LogP contribution in [-0.4, -0.2) is 23.8 Å². The molecule has 0 aliphatic carbocycles. The van der Waals surface area contributed by atoms with Gasteiger partial charge in [0.15, 0.2) is 0 Å². The molecule has 0 aromatic rings. The second kappa shape index (κ2) is 4.24. The highest BCUT2D eigenvalue weighted by Gasteiger charge is 2.22. The van der Waals surface area contributed by atoms with Crippen LogP contribution >= 0.6 is 0 Å². The lowest BCUT2D eigenvalue weighted by Gasteiger charge is -2.31. The predicted molar refractivity (Wildman–Crippen MR) is 53.2 cm³/mol. The van der Waals surface area contributed by atoms with Crippen molar-refractivity contribution in [2.24, 2.45) is 5.41 Å². The van der Waals surface area contributed by atoms with Crippen LogP contribution < -0.4 is 5.32 Å². The molecule has 0 aromatic carbocycles. The van der Waals surface area contributed by atoms with Gasteiger partial charge >= 0.3 is 0 Å². The first-order valence-corrected chi connectivity index (χ1v) is 4.69. The maximum absolute atomic E-state index is 9.12. The predicted octanol–water partition coefficient (Wildman–Crippen LogP) is 1.78. The fourth-order valence-corrected chi connectivity index (χ4v) is 0.771. The molecule has 0 spiro atoms. The van der Waals surface area contributed by atoms with Crippen molar-refractivity contribution in [2.45, 2.75) is 46.6 Å². The van der Waals surface area contributed by atoms with Crippen molar-refractivity contribution in [1.29, 1.82) is 0 Å². The third-order valence-electron chi connectivity index (χ3n) is 2.17. The SMILES string of the molecule is CCC(C)(CO)NCC(C)(C)C. The minimum Gasteiger partial charge on any atom is -0.394 e. The Hall–Kier alpha value is -0.0800. The van der Waals surface area contributed by atoms with E-state index in [-0.39, 0.29) is 17.6 Å². The molecule has 0 radical (unpaired) electrons. The van der Waals surface area contributed by atoms with Gasteiger partial charge in [0.25, 0.3) is 0 Å². The Morgan fingerprint density at radius 2 is 1.67 bits per heavy atom. The van der Waals surface area contributed by atoms with Gasteiger partial charge in [-0.25, -0.2) is 0 Å². The van der Waals surface area contributed by atoms with E-state index in [2.05, 4.69) is 39.9 Å². The summed E-state index contributed by atoms with van der Waals surface area (Å²) in [7, 11) is 0. The number of nitrogens with one attached hydrogen (secondary N) is 1. The molecule has 0 heterocycles. The van der Waals surface area contributed by atoms with Gasteiger partial charge < -0.3 is 10.4 Å². The van der Waals surface area contributed by atoms with E-state index >= 15 is 0 Å². The van der Waals surface area contributed by atoms with Crippen LogP contribution in [0.4, 0.5) is 0 Å². The lowest BCUT2D eigenvalue weighted by molar-refractivity contribution is 0.157. The number of rotatable bonds is 4. The molecule has 0 rings (SSSR count). The van der Waals surface area contributed by atoms with Crippen LogP contribution in [0.1, 0.15) is 41.0 Å². The molecule has 2 N–H and O–H groups in total. The molecule has 0 fully saturated rings. The van der Waals surface area contributed by atoms with Crippen molar-refractivity contribution in [1.82, 2.24) is 5.32 Å². The first kappa shape index (κ1) is 11.9. The Balaban J connectivity index is 3.89. The van der Waals surface area contributed by atoms with E-state index in [9.17, 15) is 0 Å². The van der Waals surface area contributed by atoms with Gasteiger partial charge in [-0.2, -0.15) is 0 Å². The molecule has 2 heteroatoms. The van der Waals surface area contributed by atoms with Crippen LogP contribution in [0.25, 0.3) is 0 Å². The van der Waals surface area contributed by atoms with E-state index in [0.717, 1.165) is 13.0 Å². The van der Waals surface area contributed by atoms with Crippen LogP contribution in [0.3, 0.4) is 0 Å². The maximum atomic E-state index is 9.12. The van der Waals surface area contributed by atoms with Crippen molar-refractivity contribution in [3.05, 3.63) is 0 Å². The molecule has 12 heavy (non-hydrogen) atoms. The summed E-state index contributed by atoms with van der Waals surface area (Å²) in [5.74, 6) is 0. The Bertz CT molecular complexity index is 122. The molecule has 74 valence electrons. The van der Waals surface area contributed by atoms with E-state index in [4.69, 9.17) is 5.11 Å². The van der Waals surface area contributed by atoms with Gasteiger partial charge in [-0.15, -0.1) is 0 Å². The van der Waals surface area contributed by atoms with Crippen LogP contribution in [-0.2, 0) is 0 Å². The van der Waals surface area contributed by atoms with Gasteiger partial charge in [0.1, 0.15) is 0 Å². The third-order valence-corrected chi connectivity index (χ3v) is 2.17. The van der Waals surface area contributed by atoms with E-state index in [0.29, 0.717) is 0 Å². The molecule has 0 aromatic heterocycles. The summed E-state index contributed by atoms with van der Waals surface area (Å²) in [6.07, 6.45) is 0.958. The molecule has 2 nitrogen and oxygen atoms in total. The third kappa shape index (κ3) is 4.73. The number of aliphatic hydroxyl groups is 1. The largest absolute Gasteiger partial charge is 0.394 e. The van der Waals surface area contributed by atoms with Gasteiger partial charge in [0, 0.05) is 12.1 Å². The number of hydrogen-bond acceptors (Lipinski definition) is 2.